The van der Waals surface area contributed by atoms with Gasteiger partial charge in [0.25, 0.3) is 0 Å². The molecule has 17 heavy (non-hydrogen) atoms. The van der Waals surface area contributed by atoms with Crippen LogP contribution in [-0.2, 0) is 14.3 Å². The first-order valence-corrected chi connectivity index (χ1v) is 5.66. The first kappa shape index (κ1) is 13.5. The summed E-state index contributed by atoms with van der Waals surface area (Å²) in [4.78, 5) is 24.6. The highest BCUT2D eigenvalue weighted by Gasteiger charge is 2.27. The maximum atomic E-state index is 11.8. The summed E-state index contributed by atoms with van der Waals surface area (Å²) in [6, 6.07) is 8.18. The zero-order valence-electron chi connectivity index (χ0n) is 9.72. The quantitative estimate of drug-likeness (QED) is 0.609. The Bertz CT molecular complexity index is 394. The number of benzene rings is 1. The Labute approximate surface area is 105 Å². The van der Waals surface area contributed by atoms with Crippen LogP contribution in [0, 0.1) is 0 Å². The maximum Gasteiger partial charge on any atom is 0.328 e. The molecule has 0 aliphatic rings. The standard InChI is InChI=1S/C12H14ClNO3/c1-9(12(16)17-2)14(11(15)8-13)10-6-4-3-5-7-10/h3-7,9H,8H2,1-2H3/t9-/m0/s1. The SMILES string of the molecule is COC(=O)[C@H](C)N(C(=O)CCl)c1ccccc1. The van der Waals surface area contributed by atoms with Crippen molar-refractivity contribution in [3.8, 4) is 0 Å². The molecule has 0 saturated carbocycles. The number of halogens is 1. The lowest BCUT2D eigenvalue weighted by Gasteiger charge is -2.26. The predicted molar refractivity (Wildman–Crippen MR) is 66.1 cm³/mol. The van der Waals surface area contributed by atoms with Crippen LogP contribution in [0.2, 0.25) is 0 Å². The number of carbonyl (C=O) groups is 2. The van der Waals surface area contributed by atoms with Gasteiger partial charge in [-0.25, -0.2) is 4.79 Å². The van der Waals surface area contributed by atoms with Crippen LogP contribution in [0.1, 0.15) is 6.92 Å². The summed E-state index contributed by atoms with van der Waals surface area (Å²) in [5.41, 5.74) is 0.621. The van der Waals surface area contributed by atoms with Crippen LogP contribution in [0.5, 0.6) is 0 Å². The van der Waals surface area contributed by atoms with Crippen molar-refractivity contribution in [2.24, 2.45) is 0 Å². The number of alkyl halides is 1. The highest BCUT2D eigenvalue weighted by Crippen LogP contribution is 2.17. The number of amides is 1. The van der Waals surface area contributed by atoms with Gasteiger partial charge in [0.05, 0.1) is 7.11 Å². The summed E-state index contributed by atoms with van der Waals surface area (Å²) in [7, 11) is 1.28. The lowest BCUT2D eigenvalue weighted by molar-refractivity contribution is -0.142. The van der Waals surface area contributed by atoms with E-state index in [-0.39, 0.29) is 11.8 Å². The van der Waals surface area contributed by atoms with Gasteiger partial charge in [-0.2, -0.15) is 0 Å². The number of para-hydroxylation sites is 1. The van der Waals surface area contributed by atoms with Crippen molar-refractivity contribution in [1.29, 1.82) is 0 Å². The fourth-order valence-electron chi connectivity index (χ4n) is 1.51. The molecule has 92 valence electrons. The van der Waals surface area contributed by atoms with E-state index in [1.54, 1.807) is 31.2 Å². The van der Waals surface area contributed by atoms with Gasteiger partial charge in [0.1, 0.15) is 11.9 Å². The fourth-order valence-corrected chi connectivity index (χ4v) is 1.64. The first-order chi connectivity index (χ1) is 8.11. The lowest BCUT2D eigenvalue weighted by atomic mass is 10.2. The normalized spacial score (nSPS) is 11.7. The van der Waals surface area contributed by atoms with E-state index in [0.717, 1.165) is 0 Å². The lowest BCUT2D eigenvalue weighted by Crippen LogP contribution is -2.44. The van der Waals surface area contributed by atoms with Gasteiger partial charge < -0.3 is 4.74 Å². The molecule has 1 aromatic rings. The molecule has 0 spiro atoms. The average molecular weight is 256 g/mol. The molecule has 5 heteroatoms. The topological polar surface area (TPSA) is 46.6 Å². The van der Waals surface area contributed by atoms with Crippen molar-refractivity contribution < 1.29 is 14.3 Å². The molecule has 1 atom stereocenters. The number of anilines is 1. The zero-order valence-corrected chi connectivity index (χ0v) is 10.5. The minimum Gasteiger partial charge on any atom is -0.467 e. The van der Waals surface area contributed by atoms with Gasteiger partial charge in [-0.3, -0.25) is 9.69 Å². The minimum absolute atomic E-state index is 0.184. The highest BCUT2D eigenvalue weighted by atomic mass is 35.5. The number of nitrogens with zero attached hydrogens (tertiary/aromatic N) is 1. The fraction of sp³-hybridized carbons (Fsp3) is 0.333. The third-order valence-electron chi connectivity index (χ3n) is 2.35. The Morgan fingerprint density at radius 3 is 2.41 bits per heavy atom. The molecule has 0 N–H and O–H groups in total. The van der Waals surface area contributed by atoms with E-state index < -0.39 is 12.0 Å². The summed E-state index contributed by atoms with van der Waals surface area (Å²) < 4.78 is 4.63. The zero-order chi connectivity index (χ0) is 12.8. The van der Waals surface area contributed by atoms with Crippen molar-refractivity contribution in [3.63, 3.8) is 0 Å². The second-order valence-corrected chi connectivity index (χ2v) is 3.70. The van der Waals surface area contributed by atoms with Gasteiger partial charge in [-0.15, -0.1) is 11.6 Å². The number of carbonyl (C=O) groups excluding carboxylic acids is 2. The van der Waals surface area contributed by atoms with Gasteiger partial charge >= 0.3 is 5.97 Å². The van der Waals surface area contributed by atoms with Crippen molar-refractivity contribution in [2.75, 3.05) is 17.9 Å². The van der Waals surface area contributed by atoms with Gasteiger partial charge in [-0.05, 0) is 19.1 Å². The Hall–Kier alpha value is -1.55. The van der Waals surface area contributed by atoms with Crippen LogP contribution >= 0.6 is 11.6 Å². The van der Waals surface area contributed by atoms with E-state index in [9.17, 15) is 9.59 Å². The summed E-state index contributed by atoms with van der Waals surface area (Å²) in [5, 5.41) is 0. The number of hydrogen-bond acceptors (Lipinski definition) is 3. The molecule has 0 unspecified atom stereocenters. The minimum atomic E-state index is -0.700. The molecular weight excluding hydrogens is 242 g/mol. The predicted octanol–water partition coefficient (Wildman–Crippen LogP) is 1.82. The van der Waals surface area contributed by atoms with Crippen LogP contribution in [-0.4, -0.2) is 30.9 Å². The van der Waals surface area contributed by atoms with Crippen LogP contribution < -0.4 is 4.90 Å². The van der Waals surface area contributed by atoms with E-state index in [1.165, 1.54) is 12.0 Å². The van der Waals surface area contributed by atoms with Gasteiger partial charge in [-0.1, -0.05) is 18.2 Å². The van der Waals surface area contributed by atoms with Crippen LogP contribution in [0.3, 0.4) is 0 Å². The molecule has 1 amide bonds. The molecule has 0 radical (unpaired) electrons. The van der Waals surface area contributed by atoms with Crippen LogP contribution in [0.4, 0.5) is 5.69 Å². The van der Waals surface area contributed by atoms with Crippen molar-refractivity contribution in [2.45, 2.75) is 13.0 Å². The van der Waals surface area contributed by atoms with Crippen molar-refractivity contribution in [3.05, 3.63) is 30.3 Å². The molecule has 0 saturated heterocycles. The summed E-state index contributed by atoms with van der Waals surface area (Å²) in [6.45, 7) is 1.60. The molecule has 0 aromatic heterocycles. The number of rotatable bonds is 4. The van der Waals surface area contributed by atoms with Gasteiger partial charge in [0, 0.05) is 5.69 Å². The highest BCUT2D eigenvalue weighted by molar-refractivity contribution is 6.29. The maximum absolute atomic E-state index is 11.8. The molecule has 0 aliphatic carbocycles. The van der Waals surface area contributed by atoms with E-state index in [0.29, 0.717) is 5.69 Å². The van der Waals surface area contributed by atoms with E-state index in [2.05, 4.69) is 4.74 Å². The molecule has 0 aliphatic heterocycles. The van der Waals surface area contributed by atoms with Gasteiger partial charge in [0.15, 0.2) is 0 Å². The smallest absolute Gasteiger partial charge is 0.328 e. The molecule has 4 nitrogen and oxygen atoms in total. The number of methoxy groups -OCH3 is 1. The molecule has 1 aromatic carbocycles. The Morgan fingerprint density at radius 2 is 1.94 bits per heavy atom. The monoisotopic (exact) mass is 255 g/mol. The van der Waals surface area contributed by atoms with E-state index in [4.69, 9.17) is 11.6 Å². The van der Waals surface area contributed by atoms with Crippen molar-refractivity contribution >= 4 is 29.2 Å². The first-order valence-electron chi connectivity index (χ1n) is 5.12. The van der Waals surface area contributed by atoms with E-state index >= 15 is 0 Å². The molecular formula is C12H14ClNO3. The number of esters is 1. The molecule has 1 rings (SSSR count). The third kappa shape index (κ3) is 3.20. The molecule has 0 fully saturated rings. The van der Waals surface area contributed by atoms with Crippen molar-refractivity contribution in [1.82, 2.24) is 0 Å². The van der Waals surface area contributed by atoms with E-state index in [1.807, 2.05) is 6.07 Å². The number of ether oxygens (including phenoxy) is 1. The second-order valence-electron chi connectivity index (χ2n) is 3.43. The summed E-state index contributed by atoms with van der Waals surface area (Å²) in [6.07, 6.45) is 0. The average Bonchev–Trinajstić information content (AvgIpc) is 2.38. The Kier molecular flexibility index (Phi) is 4.97. The Morgan fingerprint density at radius 1 is 1.35 bits per heavy atom. The summed E-state index contributed by atoms with van der Waals surface area (Å²) >= 11 is 5.55. The second kappa shape index (κ2) is 6.25. The summed E-state index contributed by atoms with van der Waals surface area (Å²) in [5.74, 6) is -1.00. The van der Waals surface area contributed by atoms with Crippen LogP contribution in [0.25, 0.3) is 0 Å². The largest absolute Gasteiger partial charge is 0.467 e. The molecule has 0 bridgehead atoms. The Balaban J connectivity index is 3.05. The van der Waals surface area contributed by atoms with Crippen LogP contribution in [0.15, 0.2) is 30.3 Å². The molecule has 0 heterocycles. The third-order valence-corrected chi connectivity index (χ3v) is 2.58. The number of hydrogen-bond donors (Lipinski definition) is 0. The van der Waals surface area contributed by atoms with Gasteiger partial charge in [0.2, 0.25) is 5.91 Å².